The molecule has 10 heavy (non-hydrogen) atoms. The number of rotatable bonds is 3. The summed E-state index contributed by atoms with van der Waals surface area (Å²) in [5, 5.41) is 3.77. The van der Waals surface area contributed by atoms with E-state index in [1.54, 1.807) is 11.8 Å². The van der Waals surface area contributed by atoms with Gasteiger partial charge in [-0.15, -0.1) is 0 Å². The lowest BCUT2D eigenvalue weighted by Crippen LogP contribution is -1.83. The van der Waals surface area contributed by atoms with Gasteiger partial charge >= 0.3 is 0 Å². The van der Waals surface area contributed by atoms with Crippen LogP contribution in [0.25, 0.3) is 0 Å². The lowest BCUT2D eigenvalue weighted by molar-refractivity contribution is 0.378. The first-order valence-electron chi connectivity index (χ1n) is 3.17. The van der Waals surface area contributed by atoms with Crippen molar-refractivity contribution in [2.75, 3.05) is 6.26 Å². The van der Waals surface area contributed by atoms with Gasteiger partial charge in [-0.1, -0.05) is 12.1 Å². The highest BCUT2D eigenvalue weighted by Gasteiger charge is 2.01. The highest BCUT2D eigenvalue weighted by molar-refractivity contribution is 7.97. The van der Waals surface area contributed by atoms with E-state index in [1.807, 2.05) is 13.2 Å². The summed E-state index contributed by atoms with van der Waals surface area (Å²) in [4.78, 5) is 4.12. The Kier molecular flexibility index (Phi) is 2.74. The number of aryl methyl sites for hydroxylation is 1. The molecule has 0 aliphatic heterocycles. The minimum Gasteiger partial charge on any atom is -0.339 e. The maximum Gasteiger partial charge on any atom is 0.226 e. The van der Waals surface area contributed by atoms with E-state index in [0.29, 0.717) is 0 Å². The van der Waals surface area contributed by atoms with Crippen LogP contribution in [0.5, 0.6) is 0 Å². The molecule has 0 aliphatic carbocycles. The molecule has 1 rings (SSSR count). The van der Waals surface area contributed by atoms with E-state index < -0.39 is 0 Å². The maximum absolute atomic E-state index is 4.89. The van der Waals surface area contributed by atoms with Gasteiger partial charge in [0.05, 0.1) is 5.75 Å². The lowest BCUT2D eigenvalue weighted by atomic mass is 10.5. The van der Waals surface area contributed by atoms with Crippen molar-refractivity contribution in [2.45, 2.75) is 19.1 Å². The van der Waals surface area contributed by atoms with Crippen LogP contribution in [-0.2, 0) is 12.2 Å². The summed E-state index contributed by atoms with van der Waals surface area (Å²) in [6.07, 6.45) is 2.84. The fourth-order valence-corrected chi connectivity index (χ4v) is 0.997. The maximum atomic E-state index is 4.89. The Balaban J connectivity index is 2.59. The first-order chi connectivity index (χ1) is 4.86. The Morgan fingerprint density at radius 1 is 1.60 bits per heavy atom. The molecule has 1 heterocycles. The van der Waals surface area contributed by atoms with Crippen LogP contribution in [0.1, 0.15) is 18.6 Å². The largest absolute Gasteiger partial charge is 0.339 e. The van der Waals surface area contributed by atoms with Gasteiger partial charge in [0, 0.05) is 6.42 Å². The topological polar surface area (TPSA) is 38.9 Å². The highest BCUT2D eigenvalue weighted by atomic mass is 32.2. The molecule has 3 nitrogen and oxygen atoms in total. The van der Waals surface area contributed by atoms with Gasteiger partial charge in [0.1, 0.15) is 0 Å². The van der Waals surface area contributed by atoms with Crippen molar-refractivity contribution >= 4 is 11.8 Å². The molecule has 0 amide bonds. The summed E-state index contributed by atoms with van der Waals surface area (Å²) in [5.41, 5.74) is 0. The van der Waals surface area contributed by atoms with Crippen molar-refractivity contribution in [2.24, 2.45) is 0 Å². The van der Waals surface area contributed by atoms with E-state index in [2.05, 4.69) is 10.1 Å². The molecule has 1 aromatic rings. The fraction of sp³-hybridized carbons (Fsp3) is 0.667. The van der Waals surface area contributed by atoms with Crippen molar-refractivity contribution < 1.29 is 4.52 Å². The van der Waals surface area contributed by atoms with Crippen molar-refractivity contribution in [3.63, 3.8) is 0 Å². The number of hydrogen-bond acceptors (Lipinski definition) is 4. The van der Waals surface area contributed by atoms with E-state index in [0.717, 1.165) is 23.9 Å². The van der Waals surface area contributed by atoms with Crippen LogP contribution in [0.2, 0.25) is 0 Å². The molecule has 0 radical (unpaired) electrons. The molecule has 0 atom stereocenters. The van der Waals surface area contributed by atoms with E-state index in [-0.39, 0.29) is 0 Å². The predicted octanol–water partition coefficient (Wildman–Crippen LogP) is 1.49. The molecule has 0 aromatic carbocycles. The standard InChI is InChI=1S/C6H10N2OS/c1-3-6-7-5(4-10-2)8-9-6/h3-4H2,1-2H3. The van der Waals surface area contributed by atoms with Crippen LogP contribution in [0.15, 0.2) is 4.52 Å². The molecule has 0 spiro atoms. The van der Waals surface area contributed by atoms with E-state index in [4.69, 9.17) is 4.52 Å². The average molecular weight is 158 g/mol. The molecule has 56 valence electrons. The molecule has 0 fully saturated rings. The average Bonchev–Trinajstić information content (AvgIpc) is 2.37. The Morgan fingerprint density at radius 3 is 2.90 bits per heavy atom. The van der Waals surface area contributed by atoms with Gasteiger partial charge in [-0.2, -0.15) is 16.7 Å². The van der Waals surface area contributed by atoms with Gasteiger partial charge in [0.25, 0.3) is 0 Å². The smallest absolute Gasteiger partial charge is 0.226 e. The summed E-state index contributed by atoms with van der Waals surface area (Å²) in [6, 6.07) is 0. The zero-order chi connectivity index (χ0) is 7.40. The molecule has 1 aromatic heterocycles. The number of thioether (sulfide) groups is 1. The second kappa shape index (κ2) is 3.61. The monoisotopic (exact) mass is 158 g/mol. The molecular weight excluding hydrogens is 148 g/mol. The van der Waals surface area contributed by atoms with E-state index >= 15 is 0 Å². The van der Waals surface area contributed by atoms with Gasteiger partial charge in [0.2, 0.25) is 5.89 Å². The Morgan fingerprint density at radius 2 is 2.40 bits per heavy atom. The SMILES string of the molecule is CCc1nc(CSC)no1. The zero-order valence-corrected chi connectivity index (χ0v) is 6.94. The second-order valence-corrected chi connectivity index (χ2v) is 2.76. The molecular formula is C6H10N2OS. The third-order valence-corrected chi connectivity index (χ3v) is 1.63. The summed E-state index contributed by atoms with van der Waals surface area (Å²) in [6.45, 7) is 2.00. The first-order valence-corrected chi connectivity index (χ1v) is 4.56. The quantitative estimate of drug-likeness (QED) is 0.668. The van der Waals surface area contributed by atoms with Crippen molar-refractivity contribution in [3.8, 4) is 0 Å². The highest BCUT2D eigenvalue weighted by Crippen LogP contribution is 2.04. The molecule has 0 saturated carbocycles. The van der Waals surface area contributed by atoms with Gasteiger partial charge < -0.3 is 4.52 Å². The normalized spacial score (nSPS) is 10.2. The minimum absolute atomic E-state index is 0.726. The fourth-order valence-electron chi connectivity index (χ4n) is 0.621. The van der Waals surface area contributed by atoms with Gasteiger partial charge in [0.15, 0.2) is 5.82 Å². The van der Waals surface area contributed by atoms with Crippen LogP contribution in [0, 0.1) is 0 Å². The molecule has 0 unspecified atom stereocenters. The van der Waals surface area contributed by atoms with Gasteiger partial charge in [-0.25, -0.2) is 0 Å². The van der Waals surface area contributed by atoms with E-state index in [9.17, 15) is 0 Å². The lowest BCUT2D eigenvalue weighted by Gasteiger charge is -1.82. The van der Waals surface area contributed by atoms with Crippen LogP contribution in [-0.4, -0.2) is 16.4 Å². The molecule has 0 saturated heterocycles. The van der Waals surface area contributed by atoms with Crippen molar-refractivity contribution in [1.29, 1.82) is 0 Å². The second-order valence-electron chi connectivity index (χ2n) is 1.89. The Labute approximate surface area is 64.2 Å². The molecule has 0 N–H and O–H groups in total. The van der Waals surface area contributed by atoms with Crippen LogP contribution < -0.4 is 0 Å². The first kappa shape index (κ1) is 7.60. The summed E-state index contributed by atoms with van der Waals surface area (Å²) < 4.78 is 4.89. The summed E-state index contributed by atoms with van der Waals surface area (Å²) in [5.74, 6) is 2.36. The Hall–Kier alpha value is -0.510. The van der Waals surface area contributed by atoms with Crippen LogP contribution in [0.4, 0.5) is 0 Å². The van der Waals surface area contributed by atoms with Crippen LogP contribution >= 0.6 is 11.8 Å². The third-order valence-electron chi connectivity index (χ3n) is 1.09. The third kappa shape index (κ3) is 1.73. The molecule has 0 aliphatic rings. The van der Waals surface area contributed by atoms with Gasteiger partial charge in [-0.05, 0) is 6.26 Å². The van der Waals surface area contributed by atoms with Crippen molar-refractivity contribution in [3.05, 3.63) is 11.7 Å². The molecule has 4 heteroatoms. The molecule has 0 bridgehead atoms. The zero-order valence-electron chi connectivity index (χ0n) is 6.13. The van der Waals surface area contributed by atoms with Gasteiger partial charge in [-0.3, -0.25) is 0 Å². The summed E-state index contributed by atoms with van der Waals surface area (Å²) >= 11 is 1.69. The minimum atomic E-state index is 0.726. The number of hydrogen-bond donors (Lipinski definition) is 0. The van der Waals surface area contributed by atoms with E-state index in [1.165, 1.54) is 0 Å². The van der Waals surface area contributed by atoms with Crippen molar-refractivity contribution in [1.82, 2.24) is 10.1 Å². The number of aromatic nitrogens is 2. The summed E-state index contributed by atoms with van der Waals surface area (Å²) in [7, 11) is 0. The number of nitrogens with zero attached hydrogens (tertiary/aromatic N) is 2. The van der Waals surface area contributed by atoms with Crippen LogP contribution in [0.3, 0.4) is 0 Å². The Bertz CT molecular complexity index is 199. The predicted molar refractivity (Wildman–Crippen MR) is 40.9 cm³/mol.